The molecule has 0 unspecified atom stereocenters. The maximum absolute atomic E-state index is 12.1. The summed E-state index contributed by atoms with van der Waals surface area (Å²) in [4.78, 5) is 12.1. The lowest BCUT2D eigenvalue weighted by Crippen LogP contribution is -2.12. The van der Waals surface area contributed by atoms with Gasteiger partial charge >= 0.3 is 0 Å². The minimum absolute atomic E-state index is 0.217. The molecule has 5 heteroatoms. The molecule has 0 aliphatic heterocycles. The molecule has 0 fully saturated rings. The van der Waals surface area contributed by atoms with Crippen LogP contribution in [0.3, 0.4) is 0 Å². The molecule has 0 aromatic heterocycles. The molecule has 0 radical (unpaired) electrons. The van der Waals surface area contributed by atoms with Crippen molar-refractivity contribution < 1.29 is 4.79 Å². The predicted octanol–water partition coefficient (Wildman–Crippen LogP) is 5.14. The largest absolute Gasteiger partial charge is 0.321 e. The lowest BCUT2D eigenvalue weighted by atomic mass is 10.1. The third kappa shape index (κ3) is 3.50. The Morgan fingerprint density at radius 2 is 1.79 bits per heavy atom. The van der Waals surface area contributed by atoms with Crippen LogP contribution in [-0.2, 0) is 5.33 Å². The zero-order chi connectivity index (χ0) is 13.8. The van der Waals surface area contributed by atoms with Crippen LogP contribution in [0.15, 0.2) is 42.5 Å². The van der Waals surface area contributed by atoms with Gasteiger partial charge in [-0.05, 0) is 29.8 Å². The molecule has 2 aromatic rings. The van der Waals surface area contributed by atoms with E-state index in [1.165, 1.54) is 0 Å². The van der Waals surface area contributed by atoms with Crippen LogP contribution in [0.5, 0.6) is 0 Å². The Morgan fingerprint density at radius 1 is 1.11 bits per heavy atom. The number of rotatable bonds is 3. The van der Waals surface area contributed by atoms with Gasteiger partial charge in [0, 0.05) is 10.9 Å². The second kappa shape index (κ2) is 6.42. The zero-order valence-electron chi connectivity index (χ0n) is 9.79. The fourth-order valence-electron chi connectivity index (χ4n) is 1.54. The Kier molecular flexibility index (Phi) is 4.86. The Hall–Kier alpha value is -1.03. The van der Waals surface area contributed by atoms with Gasteiger partial charge in [-0.3, -0.25) is 4.79 Å². The maximum atomic E-state index is 12.1. The maximum Gasteiger partial charge on any atom is 0.255 e. The summed E-state index contributed by atoms with van der Waals surface area (Å²) in [6.07, 6.45) is 0. The second-order valence-electron chi connectivity index (χ2n) is 3.89. The van der Waals surface area contributed by atoms with E-state index in [4.69, 9.17) is 23.2 Å². The average molecular weight is 359 g/mol. The van der Waals surface area contributed by atoms with Gasteiger partial charge in [-0.15, -0.1) is 0 Å². The molecule has 0 saturated heterocycles. The summed E-state index contributed by atoms with van der Waals surface area (Å²) in [5, 5.41) is 4.25. The van der Waals surface area contributed by atoms with Crippen LogP contribution in [0, 0.1) is 0 Å². The van der Waals surface area contributed by atoms with Crippen molar-refractivity contribution in [2.24, 2.45) is 0 Å². The quantitative estimate of drug-likeness (QED) is 0.756. The highest BCUT2D eigenvalue weighted by atomic mass is 79.9. The molecular formula is C14H10BrCl2NO. The first-order valence-corrected chi connectivity index (χ1v) is 7.40. The Balaban J connectivity index is 2.18. The van der Waals surface area contributed by atoms with Crippen molar-refractivity contribution >= 4 is 50.7 Å². The van der Waals surface area contributed by atoms with Crippen LogP contribution in [-0.4, -0.2) is 5.91 Å². The number of nitrogens with one attached hydrogen (secondary N) is 1. The summed E-state index contributed by atoms with van der Waals surface area (Å²) < 4.78 is 0. The highest BCUT2D eigenvalue weighted by Crippen LogP contribution is 2.29. The highest BCUT2D eigenvalue weighted by Gasteiger charge is 2.10. The molecule has 0 heterocycles. The van der Waals surface area contributed by atoms with Gasteiger partial charge in [-0.2, -0.15) is 0 Å². The minimum Gasteiger partial charge on any atom is -0.321 e. The van der Waals surface area contributed by atoms with Gasteiger partial charge in [0.25, 0.3) is 5.91 Å². The van der Waals surface area contributed by atoms with Gasteiger partial charge in [0.1, 0.15) is 0 Å². The summed E-state index contributed by atoms with van der Waals surface area (Å²) in [5.74, 6) is -0.217. The van der Waals surface area contributed by atoms with E-state index in [2.05, 4.69) is 21.2 Å². The molecule has 1 amide bonds. The van der Waals surface area contributed by atoms with Crippen molar-refractivity contribution in [3.63, 3.8) is 0 Å². The standard InChI is InChI=1S/C14H10BrCl2NO/c15-8-9-4-6-10(7-5-9)14(19)18-12-3-1-2-11(16)13(12)17/h1-7H,8H2,(H,18,19). The normalized spacial score (nSPS) is 10.3. The van der Waals surface area contributed by atoms with Crippen LogP contribution in [0.2, 0.25) is 10.0 Å². The monoisotopic (exact) mass is 357 g/mol. The lowest BCUT2D eigenvalue weighted by molar-refractivity contribution is 0.102. The van der Waals surface area contributed by atoms with Crippen LogP contribution in [0.25, 0.3) is 0 Å². The van der Waals surface area contributed by atoms with E-state index < -0.39 is 0 Å². The number of halogens is 3. The summed E-state index contributed by atoms with van der Waals surface area (Å²) >= 11 is 15.3. The molecule has 0 bridgehead atoms. The molecule has 0 atom stereocenters. The predicted molar refractivity (Wildman–Crippen MR) is 83.5 cm³/mol. The molecule has 0 aliphatic rings. The van der Waals surface area contributed by atoms with E-state index in [1.54, 1.807) is 30.3 Å². The third-order valence-corrected chi connectivity index (χ3v) is 4.04. The van der Waals surface area contributed by atoms with Crippen molar-refractivity contribution in [3.05, 3.63) is 63.6 Å². The second-order valence-corrected chi connectivity index (χ2v) is 5.23. The lowest BCUT2D eigenvalue weighted by Gasteiger charge is -2.08. The van der Waals surface area contributed by atoms with Crippen LogP contribution >= 0.6 is 39.1 Å². The number of anilines is 1. The number of benzene rings is 2. The van der Waals surface area contributed by atoms with Gasteiger partial charge in [0.05, 0.1) is 15.7 Å². The van der Waals surface area contributed by atoms with Gasteiger partial charge in [0.15, 0.2) is 0 Å². The zero-order valence-corrected chi connectivity index (χ0v) is 12.9. The molecular weight excluding hydrogens is 349 g/mol. The molecule has 19 heavy (non-hydrogen) atoms. The van der Waals surface area contributed by atoms with Gasteiger partial charge in [-0.1, -0.05) is 57.3 Å². The topological polar surface area (TPSA) is 29.1 Å². The number of carbonyl (C=O) groups excluding carboxylic acids is 1. The van der Waals surface area contributed by atoms with E-state index in [9.17, 15) is 4.79 Å². The third-order valence-electron chi connectivity index (χ3n) is 2.57. The van der Waals surface area contributed by atoms with Crippen molar-refractivity contribution in [3.8, 4) is 0 Å². The van der Waals surface area contributed by atoms with E-state index in [0.717, 1.165) is 10.9 Å². The number of alkyl halides is 1. The summed E-state index contributed by atoms with van der Waals surface area (Å²) in [6, 6.07) is 12.4. The first-order valence-electron chi connectivity index (χ1n) is 5.52. The van der Waals surface area contributed by atoms with Crippen LogP contribution in [0.4, 0.5) is 5.69 Å². The molecule has 0 spiro atoms. The van der Waals surface area contributed by atoms with E-state index in [0.29, 0.717) is 21.3 Å². The van der Waals surface area contributed by atoms with E-state index in [1.807, 2.05) is 12.1 Å². The first kappa shape index (κ1) is 14.4. The fraction of sp³-hybridized carbons (Fsp3) is 0.0714. The number of amides is 1. The van der Waals surface area contributed by atoms with Crippen molar-refractivity contribution in [2.75, 3.05) is 5.32 Å². The average Bonchev–Trinajstić information content (AvgIpc) is 2.44. The summed E-state index contributed by atoms with van der Waals surface area (Å²) in [7, 11) is 0. The van der Waals surface area contributed by atoms with Gasteiger partial charge in [0.2, 0.25) is 0 Å². The molecule has 0 aliphatic carbocycles. The first-order chi connectivity index (χ1) is 9.11. The molecule has 1 N–H and O–H groups in total. The Morgan fingerprint density at radius 3 is 2.42 bits per heavy atom. The minimum atomic E-state index is -0.217. The van der Waals surface area contributed by atoms with E-state index >= 15 is 0 Å². The van der Waals surface area contributed by atoms with Gasteiger partial charge < -0.3 is 5.32 Å². The number of hydrogen-bond donors (Lipinski definition) is 1. The van der Waals surface area contributed by atoms with E-state index in [-0.39, 0.29) is 5.91 Å². The van der Waals surface area contributed by atoms with Gasteiger partial charge in [-0.25, -0.2) is 0 Å². The number of carbonyl (C=O) groups is 1. The molecule has 0 saturated carbocycles. The Bertz CT molecular complexity index is 599. The molecule has 2 nitrogen and oxygen atoms in total. The van der Waals surface area contributed by atoms with Crippen molar-refractivity contribution in [2.45, 2.75) is 5.33 Å². The fourth-order valence-corrected chi connectivity index (χ4v) is 2.26. The molecule has 2 rings (SSSR count). The van der Waals surface area contributed by atoms with Crippen LogP contribution in [0.1, 0.15) is 15.9 Å². The molecule has 2 aromatic carbocycles. The molecule has 98 valence electrons. The SMILES string of the molecule is O=C(Nc1cccc(Cl)c1Cl)c1ccc(CBr)cc1. The Labute approximate surface area is 129 Å². The highest BCUT2D eigenvalue weighted by molar-refractivity contribution is 9.08. The van der Waals surface area contributed by atoms with Crippen LogP contribution < -0.4 is 5.32 Å². The van der Waals surface area contributed by atoms with Crippen molar-refractivity contribution in [1.29, 1.82) is 0 Å². The summed E-state index contributed by atoms with van der Waals surface area (Å²) in [5.41, 5.74) is 2.18. The number of hydrogen-bond acceptors (Lipinski definition) is 1. The van der Waals surface area contributed by atoms with Crippen molar-refractivity contribution in [1.82, 2.24) is 0 Å². The summed E-state index contributed by atoms with van der Waals surface area (Å²) in [6.45, 7) is 0. The smallest absolute Gasteiger partial charge is 0.255 e.